The van der Waals surface area contributed by atoms with Gasteiger partial charge in [-0.25, -0.2) is 8.42 Å². The van der Waals surface area contributed by atoms with Gasteiger partial charge in [-0.1, -0.05) is 12.1 Å². The zero-order valence-electron chi connectivity index (χ0n) is 18.5. The molecule has 1 saturated heterocycles. The molecular formula is C23H29N3O5S. The van der Waals surface area contributed by atoms with Crippen molar-refractivity contribution in [2.45, 2.75) is 37.6 Å². The summed E-state index contributed by atoms with van der Waals surface area (Å²) in [5, 5.41) is 5.64. The van der Waals surface area contributed by atoms with Crippen molar-refractivity contribution in [3.8, 4) is 5.75 Å². The molecule has 8 nitrogen and oxygen atoms in total. The monoisotopic (exact) mass is 459 g/mol. The number of piperidine rings is 1. The average Bonchev–Trinajstić information content (AvgIpc) is 2.79. The van der Waals surface area contributed by atoms with E-state index in [-0.39, 0.29) is 29.3 Å². The summed E-state index contributed by atoms with van der Waals surface area (Å²) >= 11 is 0. The Hall–Kier alpha value is -2.91. The first-order valence-corrected chi connectivity index (χ1v) is 12.0. The van der Waals surface area contributed by atoms with Crippen LogP contribution in [0.3, 0.4) is 0 Å². The molecule has 2 N–H and O–H groups in total. The number of carbonyl (C=O) groups excluding carboxylic acids is 2. The zero-order chi connectivity index (χ0) is 23.3. The highest BCUT2D eigenvalue weighted by atomic mass is 32.2. The molecule has 1 fully saturated rings. The van der Waals surface area contributed by atoms with Gasteiger partial charge in [0, 0.05) is 19.1 Å². The first kappa shape index (κ1) is 23.7. The van der Waals surface area contributed by atoms with Gasteiger partial charge >= 0.3 is 0 Å². The highest BCUT2D eigenvalue weighted by molar-refractivity contribution is 7.89. The van der Waals surface area contributed by atoms with Crippen LogP contribution >= 0.6 is 0 Å². The topological polar surface area (TPSA) is 105 Å². The largest absolute Gasteiger partial charge is 0.497 e. The molecule has 1 atom stereocenters. The van der Waals surface area contributed by atoms with E-state index in [1.54, 1.807) is 36.4 Å². The third-order valence-corrected chi connectivity index (χ3v) is 7.18. The Bertz CT molecular complexity index is 1070. The normalized spacial score (nSPS) is 17.1. The van der Waals surface area contributed by atoms with Gasteiger partial charge in [-0.3, -0.25) is 9.59 Å². The molecule has 2 aromatic rings. The van der Waals surface area contributed by atoms with Crippen molar-refractivity contribution in [1.82, 2.24) is 9.62 Å². The summed E-state index contributed by atoms with van der Waals surface area (Å²) in [5.74, 6) is -0.523. The van der Waals surface area contributed by atoms with E-state index >= 15 is 0 Å². The standard InChI is InChI=1S/C23H29N3O5S/c1-16(2)24-23(28)20-8-4-5-9-21(20)25-22(27)17-7-6-14-26(15-17)32(29,30)19-12-10-18(31-3)11-13-19/h4-5,8-13,16-17H,6-7,14-15H2,1-3H3,(H,24,28)(H,25,27). The second-order valence-electron chi connectivity index (χ2n) is 8.04. The maximum atomic E-state index is 13.1. The number of carbonyl (C=O) groups is 2. The number of sulfonamides is 1. The van der Waals surface area contributed by atoms with Crippen molar-refractivity contribution in [2.24, 2.45) is 5.92 Å². The molecule has 3 rings (SSSR count). The molecular weight excluding hydrogens is 430 g/mol. The lowest BCUT2D eigenvalue weighted by atomic mass is 9.98. The number of methoxy groups -OCH3 is 1. The lowest BCUT2D eigenvalue weighted by molar-refractivity contribution is -0.120. The van der Waals surface area contributed by atoms with Crippen molar-refractivity contribution in [1.29, 1.82) is 0 Å². The second kappa shape index (κ2) is 10.1. The smallest absolute Gasteiger partial charge is 0.253 e. The number of nitrogens with one attached hydrogen (secondary N) is 2. The van der Waals surface area contributed by atoms with Crippen LogP contribution in [0.1, 0.15) is 37.0 Å². The van der Waals surface area contributed by atoms with E-state index in [9.17, 15) is 18.0 Å². The van der Waals surface area contributed by atoms with Crippen LogP contribution in [0.15, 0.2) is 53.4 Å². The average molecular weight is 460 g/mol. The Balaban J connectivity index is 1.73. The van der Waals surface area contributed by atoms with Gasteiger partial charge in [-0.15, -0.1) is 0 Å². The minimum absolute atomic E-state index is 0.0404. The van der Waals surface area contributed by atoms with Crippen LogP contribution in [0.25, 0.3) is 0 Å². The van der Waals surface area contributed by atoms with Crippen LogP contribution in [-0.4, -0.2) is 50.8 Å². The lowest BCUT2D eigenvalue weighted by Crippen LogP contribution is -2.43. The molecule has 0 saturated carbocycles. The Morgan fingerprint density at radius 3 is 2.44 bits per heavy atom. The molecule has 0 aromatic heterocycles. The number of rotatable bonds is 7. The Morgan fingerprint density at radius 1 is 1.09 bits per heavy atom. The highest BCUT2D eigenvalue weighted by Gasteiger charge is 2.33. The Labute approximate surface area is 189 Å². The van der Waals surface area contributed by atoms with Crippen LogP contribution in [0.5, 0.6) is 5.75 Å². The Morgan fingerprint density at radius 2 is 1.78 bits per heavy atom. The molecule has 9 heteroatoms. The predicted octanol–water partition coefficient (Wildman–Crippen LogP) is 2.87. The van der Waals surface area contributed by atoms with Gasteiger partial charge in [0.05, 0.1) is 29.2 Å². The van der Waals surface area contributed by atoms with E-state index in [0.717, 1.165) is 0 Å². The van der Waals surface area contributed by atoms with Crippen LogP contribution in [0, 0.1) is 5.92 Å². The quantitative estimate of drug-likeness (QED) is 0.663. The summed E-state index contributed by atoms with van der Waals surface area (Å²) in [6.45, 7) is 4.16. The van der Waals surface area contributed by atoms with E-state index in [2.05, 4.69) is 10.6 Å². The molecule has 0 aliphatic carbocycles. The fourth-order valence-corrected chi connectivity index (χ4v) is 5.16. The molecule has 0 bridgehead atoms. The van der Waals surface area contributed by atoms with Crippen LogP contribution < -0.4 is 15.4 Å². The van der Waals surface area contributed by atoms with Crippen LogP contribution in [-0.2, 0) is 14.8 Å². The van der Waals surface area contributed by atoms with E-state index in [4.69, 9.17) is 4.74 Å². The summed E-state index contributed by atoms with van der Waals surface area (Å²) in [4.78, 5) is 25.6. The van der Waals surface area contributed by atoms with Crippen molar-refractivity contribution in [3.63, 3.8) is 0 Å². The minimum atomic E-state index is -3.73. The number of amides is 2. The molecule has 0 spiro atoms. The van der Waals surface area contributed by atoms with Gasteiger partial charge in [0.15, 0.2) is 0 Å². The van der Waals surface area contributed by atoms with Gasteiger partial charge in [0.1, 0.15) is 5.75 Å². The van der Waals surface area contributed by atoms with E-state index < -0.39 is 15.9 Å². The number of nitrogens with zero attached hydrogens (tertiary/aromatic N) is 1. The Kier molecular flexibility index (Phi) is 7.52. The fourth-order valence-electron chi connectivity index (χ4n) is 3.64. The first-order valence-electron chi connectivity index (χ1n) is 10.6. The maximum Gasteiger partial charge on any atom is 0.253 e. The number of hydrogen-bond acceptors (Lipinski definition) is 5. The number of hydrogen-bond donors (Lipinski definition) is 2. The second-order valence-corrected chi connectivity index (χ2v) is 9.98. The molecule has 2 amide bonds. The van der Waals surface area contributed by atoms with E-state index in [0.29, 0.717) is 36.4 Å². The maximum absolute atomic E-state index is 13.1. The van der Waals surface area contributed by atoms with Gasteiger partial charge in [0.25, 0.3) is 5.91 Å². The molecule has 1 aliphatic heterocycles. The van der Waals surface area contributed by atoms with Crippen LogP contribution in [0.2, 0.25) is 0 Å². The number of ether oxygens (including phenoxy) is 1. The molecule has 0 radical (unpaired) electrons. The van der Waals surface area contributed by atoms with Crippen molar-refractivity contribution >= 4 is 27.5 Å². The summed E-state index contributed by atoms with van der Waals surface area (Å²) in [6, 6.07) is 12.9. The summed E-state index contributed by atoms with van der Waals surface area (Å²) in [7, 11) is -2.21. The molecule has 1 unspecified atom stereocenters. The summed E-state index contributed by atoms with van der Waals surface area (Å²) < 4.78 is 32.6. The molecule has 172 valence electrons. The number of benzene rings is 2. The van der Waals surface area contributed by atoms with Gasteiger partial charge < -0.3 is 15.4 Å². The fraction of sp³-hybridized carbons (Fsp3) is 0.391. The minimum Gasteiger partial charge on any atom is -0.497 e. The van der Waals surface area contributed by atoms with E-state index in [1.165, 1.54) is 23.5 Å². The van der Waals surface area contributed by atoms with Crippen molar-refractivity contribution in [3.05, 3.63) is 54.1 Å². The van der Waals surface area contributed by atoms with Crippen molar-refractivity contribution in [2.75, 3.05) is 25.5 Å². The highest BCUT2D eigenvalue weighted by Crippen LogP contribution is 2.26. The number of anilines is 1. The van der Waals surface area contributed by atoms with Gasteiger partial charge in [0.2, 0.25) is 15.9 Å². The number of para-hydroxylation sites is 1. The third kappa shape index (κ3) is 5.46. The molecule has 1 heterocycles. The van der Waals surface area contributed by atoms with Gasteiger partial charge in [-0.2, -0.15) is 4.31 Å². The zero-order valence-corrected chi connectivity index (χ0v) is 19.3. The predicted molar refractivity (Wildman–Crippen MR) is 122 cm³/mol. The lowest BCUT2D eigenvalue weighted by Gasteiger charge is -2.31. The SMILES string of the molecule is COc1ccc(S(=O)(=O)N2CCCC(C(=O)Nc3ccccc3C(=O)NC(C)C)C2)cc1. The first-order chi connectivity index (χ1) is 15.2. The van der Waals surface area contributed by atoms with Crippen LogP contribution in [0.4, 0.5) is 5.69 Å². The van der Waals surface area contributed by atoms with Crippen molar-refractivity contribution < 1.29 is 22.7 Å². The molecule has 32 heavy (non-hydrogen) atoms. The van der Waals surface area contributed by atoms with Gasteiger partial charge in [-0.05, 0) is 63.1 Å². The summed E-state index contributed by atoms with van der Waals surface area (Å²) in [5.41, 5.74) is 0.777. The summed E-state index contributed by atoms with van der Waals surface area (Å²) in [6.07, 6.45) is 1.14. The molecule has 1 aliphatic rings. The van der Waals surface area contributed by atoms with E-state index in [1.807, 2.05) is 13.8 Å². The third-order valence-electron chi connectivity index (χ3n) is 5.30. The molecule has 2 aromatic carbocycles.